The predicted octanol–water partition coefficient (Wildman–Crippen LogP) is 4.71. The van der Waals surface area contributed by atoms with Gasteiger partial charge in [0.15, 0.2) is 5.69 Å². The van der Waals surface area contributed by atoms with Crippen molar-refractivity contribution >= 4 is 27.5 Å². The van der Waals surface area contributed by atoms with Crippen LogP contribution in [-0.4, -0.2) is 30.6 Å². The zero-order valence-electron chi connectivity index (χ0n) is 19.1. The van der Waals surface area contributed by atoms with Gasteiger partial charge in [0.1, 0.15) is 24.8 Å². The first-order valence-electron chi connectivity index (χ1n) is 10.4. The van der Waals surface area contributed by atoms with Crippen molar-refractivity contribution in [2.75, 3.05) is 5.32 Å². The van der Waals surface area contributed by atoms with Gasteiger partial charge in [0.2, 0.25) is 0 Å². The van der Waals surface area contributed by atoms with Crippen LogP contribution < -0.4 is 10.1 Å². The van der Waals surface area contributed by atoms with E-state index in [9.17, 15) is 4.79 Å². The molecule has 0 radical (unpaired) electrons. The summed E-state index contributed by atoms with van der Waals surface area (Å²) in [7, 11) is 0. The van der Waals surface area contributed by atoms with Gasteiger partial charge in [0.25, 0.3) is 5.91 Å². The third-order valence-corrected chi connectivity index (χ3v) is 6.65. The van der Waals surface area contributed by atoms with Crippen LogP contribution in [0, 0.1) is 34.6 Å². The summed E-state index contributed by atoms with van der Waals surface area (Å²) < 4.78 is 15.7. The molecule has 0 aliphatic heterocycles. The van der Waals surface area contributed by atoms with Gasteiger partial charge in [-0.3, -0.25) is 4.79 Å². The van der Waals surface area contributed by atoms with Crippen LogP contribution in [0.5, 0.6) is 5.75 Å². The monoisotopic (exact) mass is 512 g/mol. The van der Waals surface area contributed by atoms with Crippen molar-refractivity contribution in [2.45, 2.75) is 47.9 Å². The Kier molecular flexibility index (Phi) is 6.37. The van der Waals surface area contributed by atoms with Gasteiger partial charge in [0.05, 0.1) is 38.5 Å². The summed E-state index contributed by atoms with van der Waals surface area (Å²) in [5.41, 5.74) is 4.86. The van der Waals surface area contributed by atoms with E-state index in [-0.39, 0.29) is 18.2 Å². The van der Waals surface area contributed by atoms with E-state index in [1.165, 1.54) is 0 Å². The van der Waals surface area contributed by atoms with Crippen LogP contribution >= 0.6 is 15.9 Å². The van der Waals surface area contributed by atoms with E-state index in [0.717, 1.165) is 21.6 Å². The molecule has 4 aromatic rings. The highest BCUT2D eigenvalue weighted by molar-refractivity contribution is 9.10. The molecule has 0 bridgehead atoms. The maximum Gasteiger partial charge on any atom is 0.278 e. The summed E-state index contributed by atoms with van der Waals surface area (Å²) in [6, 6.07) is 9.39. The van der Waals surface area contributed by atoms with Gasteiger partial charge < -0.3 is 14.6 Å². The highest BCUT2D eigenvalue weighted by Gasteiger charge is 2.23. The molecule has 0 unspecified atom stereocenters. The van der Waals surface area contributed by atoms with Crippen molar-refractivity contribution in [1.29, 1.82) is 0 Å². The van der Waals surface area contributed by atoms with Crippen LogP contribution in [0.4, 0.5) is 5.69 Å². The Labute approximate surface area is 199 Å². The van der Waals surface area contributed by atoms with Gasteiger partial charge >= 0.3 is 0 Å². The number of anilines is 1. The molecule has 3 aromatic heterocycles. The second-order valence-corrected chi connectivity index (χ2v) is 8.59. The Hall–Kier alpha value is -3.40. The third-order valence-electron chi connectivity index (χ3n) is 5.51. The molecule has 1 aromatic carbocycles. The molecule has 4 rings (SSSR count). The molecule has 0 atom stereocenters. The standard InChI is InChI=1S/C23H25BrN6O3/c1-13-20(24)15(3)29(26-13)12-30-16(4)21(14(2)27-30)25-23(31)22-19(17(5)33-28-22)11-32-18-9-7-6-8-10-18/h6-10H,11-12H2,1-5H3,(H,25,31). The molecule has 33 heavy (non-hydrogen) atoms. The third kappa shape index (κ3) is 4.56. The number of hydrogen-bond acceptors (Lipinski definition) is 6. The average molecular weight is 513 g/mol. The molecule has 1 amide bonds. The first-order chi connectivity index (χ1) is 15.8. The summed E-state index contributed by atoms with van der Waals surface area (Å²) in [4.78, 5) is 13.1. The lowest BCUT2D eigenvalue weighted by molar-refractivity contribution is 0.101. The number of amides is 1. The van der Waals surface area contributed by atoms with Gasteiger partial charge in [-0.1, -0.05) is 23.4 Å². The smallest absolute Gasteiger partial charge is 0.278 e. The van der Waals surface area contributed by atoms with E-state index < -0.39 is 0 Å². The molecule has 9 nitrogen and oxygen atoms in total. The molecule has 0 saturated heterocycles. The van der Waals surface area contributed by atoms with Crippen LogP contribution in [0.2, 0.25) is 0 Å². The number of nitrogens with one attached hydrogen (secondary N) is 1. The minimum absolute atomic E-state index is 0.173. The number of ether oxygens (including phenoxy) is 1. The van der Waals surface area contributed by atoms with Crippen LogP contribution in [0.15, 0.2) is 39.3 Å². The van der Waals surface area contributed by atoms with Gasteiger partial charge in [-0.2, -0.15) is 10.2 Å². The Morgan fingerprint density at radius 2 is 1.70 bits per heavy atom. The van der Waals surface area contributed by atoms with Gasteiger partial charge in [-0.15, -0.1) is 0 Å². The SMILES string of the molecule is Cc1nn(Cn2nc(C)c(NC(=O)c3noc(C)c3COc3ccccc3)c2C)c(C)c1Br. The number of benzene rings is 1. The van der Waals surface area contributed by atoms with Crippen LogP contribution in [0.3, 0.4) is 0 Å². The Bertz CT molecular complexity index is 1310. The first kappa shape index (κ1) is 22.8. The summed E-state index contributed by atoms with van der Waals surface area (Å²) >= 11 is 3.55. The number of hydrogen-bond donors (Lipinski definition) is 1. The van der Waals surface area contributed by atoms with E-state index in [1.807, 2.05) is 67.4 Å². The zero-order chi connectivity index (χ0) is 23.7. The lowest BCUT2D eigenvalue weighted by Gasteiger charge is -2.09. The van der Waals surface area contributed by atoms with Crippen molar-refractivity contribution in [3.63, 3.8) is 0 Å². The molecule has 0 spiro atoms. The Balaban J connectivity index is 1.53. The molecule has 0 aliphatic carbocycles. The van der Waals surface area contributed by atoms with Crippen molar-refractivity contribution in [2.24, 2.45) is 0 Å². The molecule has 0 aliphatic rings. The number of aromatic nitrogens is 5. The maximum absolute atomic E-state index is 13.1. The first-order valence-corrected chi connectivity index (χ1v) is 11.2. The summed E-state index contributed by atoms with van der Waals surface area (Å²) in [5.74, 6) is 0.863. The van der Waals surface area contributed by atoms with Gasteiger partial charge in [0, 0.05) is 0 Å². The average Bonchev–Trinajstić information content (AvgIpc) is 3.38. The van der Waals surface area contributed by atoms with Crippen molar-refractivity contribution < 1.29 is 14.1 Å². The highest BCUT2D eigenvalue weighted by atomic mass is 79.9. The van der Waals surface area contributed by atoms with E-state index in [4.69, 9.17) is 9.26 Å². The highest BCUT2D eigenvalue weighted by Crippen LogP contribution is 2.24. The molecule has 0 saturated carbocycles. The quantitative estimate of drug-likeness (QED) is 0.384. The number of halogens is 1. The van der Waals surface area contributed by atoms with Crippen LogP contribution in [0.25, 0.3) is 0 Å². The van der Waals surface area contributed by atoms with E-state index in [0.29, 0.717) is 35.1 Å². The molecular formula is C23H25BrN6O3. The molecule has 0 fully saturated rings. The lowest BCUT2D eigenvalue weighted by atomic mass is 10.2. The summed E-state index contributed by atoms with van der Waals surface area (Å²) in [6.07, 6.45) is 0. The van der Waals surface area contributed by atoms with Gasteiger partial charge in [-0.25, -0.2) is 9.36 Å². The summed E-state index contributed by atoms with van der Waals surface area (Å²) in [5, 5.41) is 16.0. The predicted molar refractivity (Wildman–Crippen MR) is 126 cm³/mol. The van der Waals surface area contributed by atoms with Gasteiger partial charge in [-0.05, 0) is 62.7 Å². The minimum Gasteiger partial charge on any atom is -0.489 e. The molecule has 1 N–H and O–H groups in total. The fourth-order valence-corrected chi connectivity index (χ4v) is 3.82. The summed E-state index contributed by atoms with van der Waals surface area (Å²) in [6.45, 7) is 10.1. The Morgan fingerprint density at radius 3 is 2.36 bits per heavy atom. The van der Waals surface area contributed by atoms with Crippen LogP contribution in [-0.2, 0) is 13.3 Å². The van der Waals surface area contributed by atoms with E-state index >= 15 is 0 Å². The maximum atomic E-state index is 13.1. The topological polar surface area (TPSA) is 100 Å². The number of rotatable bonds is 7. The molecule has 10 heteroatoms. The molecular weight excluding hydrogens is 488 g/mol. The van der Waals surface area contributed by atoms with Crippen molar-refractivity contribution in [1.82, 2.24) is 24.7 Å². The molecule has 3 heterocycles. The minimum atomic E-state index is -0.377. The Morgan fingerprint density at radius 1 is 1.03 bits per heavy atom. The van der Waals surface area contributed by atoms with E-state index in [1.54, 1.807) is 6.92 Å². The number of carbonyl (C=O) groups excluding carboxylic acids is 1. The second-order valence-electron chi connectivity index (χ2n) is 7.79. The molecule has 172 valence electrons. The second kappa shape index (κ2) is 9.22. The number of carbonyl (C=O) groups is 1. The number of para-hydroxylation sites is 1. The normalized spacial score (nSPS) is 11.1. The number of aryl methyl sites for hydroxylation is 3. The number of nitrogens with zero attached hydrogens (tertiary/aromatic N) is 5. The van der Waals surface area contributed by atoms with E-state index in [2.05, 4.69) is 36.6 Å². The van der Waals surface area contributed by atoms with Crippen LogP contribution in [0.1, 0.15) is 44.6 Å². The fourth-order valence-electron chi connectivity index (χ4n) is 3.54. The zero-order valence-corrected chi connectivity index (χ0v) is 20.7. The fraction of sp³-hybridized carbons (Fsp3) is 0.304. The van der Waals surface area contributed by atoms with Crippen molar-refractivity contribution in [3.8, 4) is 5.75 Å². The largest absolute Gasteiger partial charge is 0.489 e. The lowest BCUT2D eigenvalue weighted by Crippen LogP contribution is -2.17. The van der Waals surface area contributed by atoms with Crippen molar-refractivity contribution in [3.05, 3.63) is 74.6 Å².